The molecule has 0 aromatic heterocycles. The van der Waals surface area contributed by atoms with Crippen molar-refractivity contribution >= 4 is 6.09 Å². The SMILES string of the molecule is N#CCC[C@@H](C#N)CN1CCN(C(=O)Oc2ccccc2)CC1. The van der Waals surface area contributed by atoms with E-state index in [1.165, 1.54) is 0 Å². The van der Waals surface area contributed by atoms with Gasteiger partial charge < -0.3 is 9.64 Å². The van der Waals surface area contributed by atoms with Crippen molar-refractivity contribution in [1.82, 2.24) is 9.80 Å². The lowest BCUT2D eigenvalue weighted by molar-refractivity contribution is 0.106. The Balaban J connectivity index is 1.76. The van der Waals surface area contributed by atoms with Crippen LogP contribution >= 0.6 is 0 Å². The van der Waals surface area contributed by atoms with Crippen molar-refractivity contribution in [3.8, 4) is 17.9 Å². The maximum atomic E-state index is 12.1. The van der Waals surface area contributed by atoms with E-state index in [0.717, 1.165) is 0 Å². The summed E-state index contributed by atoms with van der Waals surface area (Å²) in [7, 11) is 0. The Kier molecular flexibility index (Phi) is 6.40. The largest absolute Gasteiger partial charge is 0.415 e. The Morgan fingerprint density at radius 2 is 1.87 bits per heavy atom. The number of nitrogens with zero attached hydrogens (tertiary/aromatic N) is 4. The molecule has 1 aliphatic rings. The number of para-hydroxylation sites is 1. The van der Waals surface area contributed by atoms with Crippen LogP contribution in [0.2, 0.25) is 0 Å². The van der Waals surface area contributed by atoms with Gasteiger partial charge in [-0.1, -0.05) is 18.2 Å². The zero-order valence-electron chi connectivity index (χ0n) is 13.0. The highest BCUT2D eigenvalue weighted by molar-refractivity contribution is 5.70. The van der Waals surface area contributed by atoms with Gasteiger partial charge in [0.15, 0.2) is 0 Å². The van der Waals surface area contributed by atoms with Crippen molar-refractivity contribution in [2.24, 2.45) is 5.92 Å². The van der Waals surface area contributed by atoms with Crippen LogP contribution in [-0.2, 0) is 0 Å². The summed E-state index contributed by atoms with van der Waals surface area (Å²) in [6, 6.07) is 13.3. The molecule has 0 saturated carbocycles. The van der Waals surface area contributed by atoms with E-state index in [4.69, 9.17) is 15.3 Å². The fraction of sp³-hybridized carbons (Fsp3) is 0.471. The first-order valence-corrected chi connectivity index (χ1v) is 7.73. The average molecular weight is 312 g/mol. The molecule has 6 nitrogen and oxygen atoms in total. The molecule has 0 bridgehead atoms. The van der Waals surface area contributed by atoms with E-state index in [1.807, 2.05) is 18.2 Å². The van der Waals surface area contributed by atoms with E-state index < -0.39 is 0 Å². The number of piperazine rings is 1. The number of benzene rings is 1. The Labute approximate surface area is 136 Å². The maximum absolute atomic E-state index is 12.1. The van der Waals surface area contributed by atoms with E-state index in [2.05, 4.69) is 17.0 Å². The standard InChI is InChI=1S/C17H20N4O2/c18-8-4-5-15(13-19)14-20-9-11-21(12-10-20)17(22)23-16-6-2-1-3-7-16/h1-3,6-7,15H,4-5,9-12,14H2/t15-/m0/s1. The Bertz CT molecular complexity index is 583. The molecule has 1 aromatic rings. The fourth-order valence-electron chi connectivity index (χ4n) is 2.51. The summed E-state index contributed by atoms with van der Waals surface area (Å²) in [5, 5.41) is 17.7. The molecule has 2 rings (SSSR count). The second-order valence-electron chi connectivity index (χ2n) is 5.49. The first-order valence-electron chi connectivity index (χ1n) is 7.73. The van der Waals surface area contributed by atoms with Gasteiger partial charge in [0.2, 0.25) is 0 Å². The minimum absolute atomic E-state index is 0.127. The van der Waals surface area contributed by atoms with Crippen LogP contribution in [-0.4, -0.2) is 48.6 Å². The van der Waals surface area contributed by atoms with E-state index in [-0.39, 0.29) is 12.0 Å². The third-order valence-corrected chi connectivity index (χ3v) is 3.84. The lowest BCUT2D eigenvalue weighted by atomic mass is 10.0. The summed E-state index contributed by atoms with van der Waals surface area (Å²) in [5.74, 6) is 0.415. The van der Waals surface area contributed by atoms with Gasteiger partial charge in [-0.3, -0.25) is 4.90 Å². The van der Waals surface area contributed by atoms with Crippen molar-refractivity contribution in [2.75, 3.05) is 32.7 Å². The summed E-state index contributed by atoms with van der Waals surface area (Å²) < 4.78 is 5.32. The molecule has 1 saturated heterocycles. The zero-order valence-corrected chi connectivity index (χ0v) is 13.0. The van der Waals surface area contributed by atoms with Crippen LogP contribution in [0, 0.1) is 28.6 Å². The van der Waals surface area contributed by atoms with Crippen LogP contribution in [0.25, 0.3) is 0 Å². The van der Waals surface area contributed by atoms with Crippen LogP contribution in [0.5, 0.6) is 5.75 Å². The van der Waals surface area contributed by atoms with E-state index in [0.29, 0.717) is 51.3 Å². The Morgan fingerprint density at radius 3 is 2.48 bits per heavy atom. The van der Waals surface area contributed by atoms with Gasteiger partial charge in [0.1, 0.15) is 5.75 Å². The summed E-state index contributed by atoms with van der Waals surface area (Å²) in [4.78, 5) is 15.9. The molecule has 0 spiro atoms. The lowest BCUT2D eigenvalue weighted by Gasteiger charge is -2.34. The van der Waals surface area contributed by atoms with Crippen LogP contribution in [0.15, 0.2) is 30.3 Å². The van der Waals surface area contributed by atoms with Gasteiger partial charge in [-0.15, -0.1) is 0 Å². The maximum Gasteiger partial charge on any atom is 0.415 e. The predicted octanol–water partition coefficient (Wildman–Crippen LogP) is 2.25. The highest BCUT2D eigenvalue weighted by Crippen LogP contribution is 2.13. The van der Waals surface area contributed by atoms with Crippen LogP contribution in [0.1, 0.15) is 12.8 Å². The van der Waals surface area contributed by atoms with Gasteiger partial charge in [0.25, 0.3) is 0 Å². The van der Waals surface area contributed by atoms with Gasteiger partial charge in [0.05, 0.1) is 18.1 Å². The smallest absolute Gasteiger partial charge is 0.410 e. The molecule has 1 atom stereocenters. The molecule has 120 valence electrons. The molecule has 1 fully saturated rings. The summed E-state index contributed by atoms with van der Waals surface area (Å²) in [5.41, 5.74) is 0. The van der Waals surface area contributed by atoms with Gasteiger partial charge in [-0.2, -0.15) is 10.5 Å². The predicted molar refractivity (Wildman–Crippen MR) is 84.4 cm³/mol. The van der Waals surface area contributed by atoms with Crippen molar-refractivity contribution in [3.05, 3.63) is 30.3 Å². The first kappa shape index (κ1) is 16.8. The number of amides is 1. The van der Waals surface area contributed by atoms with Crippen LogP contribution < -0.4 is 4.74 Å². The minimum Gasteiger partial charge on any atom is -0.410 e. The van der Waals surface area contributed by atoms with Gasteiger partial charge in [0, 0.05) is 39.1 Å². The molecular weight excluding hydrogens is 292 g/mol. The number of nitriles is 2. The molecule has 0 N–H and O–H groups in total. The molecule has 0 radical (unpaired) electrons. The third-order valence-electron chi connectivity index (χ3n) is 3.84. The molecule has 0 aliphatic carbocycles. The number of carbonyl (C=O) groups excluding carboxylic acids is 1. The van der Waals surface area contributed by atoms with E-state index in [9.17, 15) is 4.79 Å². The highest BCUT2D eigenvalue weighted by atomic mass is 16.6. The second kappa shape index (κ2) is 8.77. The Hall–Kier alpha value is -2.57. The number of hydrogen-bond acceptors (Lipinski definition) is 5. The van der Waals surface area contributed by atoms with E-state index >= 15 is 0 Å². The van der Waals surface area contributed by atoms with Crippen molar-refractivity contribution < 1.29 is 9.53 Å². The van der Waals surface area contributed by atoms with Crippen molar-refractivity contribution in [2.45, 2.75) is 12.8 Å². The molecule has 23 heavy (non-hydrogen) atoms. The first-order chi connectivity index (χ1) is 11.2. The number of hydrogen-bond donors (Lipinski definition) is 0. The molecule has 1 heterocycles. The van der Waals surface area contributed by atoms with Gasteiger partial charge in [-0.25, -0.2) is 4.79 Å². The van der Waals surface area contributed by atoms with Crippen LogP contribution in [0.4, 0.5) is 4.79 Å². The molecule has 0 unspecified atom stereocenters. The molecule has 1 aromatic carbocycles. The van der Waals surface area contributed by atoms with Gasteiger partial charge >= 0.3 is 6.09 Å². The van der Waals surface area contributed by atoms with Crippen LogP contribution in [0.3, 0.4) is 0 Å². The lowest BCUT2D eigenvalue weighted by Crippen LogP contribution is -2.50. The highest BCUT2D eigenvalue weighted by Gasteiger charge is 2.24. The van der Waals surface area contributed by atoms with E-state index in [1.54, 1.807) is 17.0 Å². The topological polar surface area (TPSA) is 80.4 Å². The number of rotatable bonds is 5. The Morgan fingerprint density at radius 1 is 1.17 bits per heavy atom. The summed E-state index contributed by atoms with van der Waals surface area (Å²) in [6.45, 7) is 3.26. The minimum atomic E-state index is -0.336. The monoisotopic (exact) mass is 312 g/mol. The normalized spacial score (nSPS) is 16.2. The molecule has 1 aliphatic heterocycles. The van der Waals surface area contributed by atoms with Gasteiger partial charge in [-0.05, 0) is 18.6 Å². The summed E-state index contributed by atoms with van der Waals surface area (Å²) >= 11 is 0. The average Bonchev–Trinajstić information content (AvgIpc) is 2.60. The van der Waals surface area contributed by atoms with Crippen molar-refractivity contribution in [1.29, 1.82) is 10.5 Å². The zero-order chi connectivity index (χ0) is 16.5. The molecule has 1 amide bonds. The number of ether oxygens (including phenoxy) is 1. The number of carbonyl (C=O) groups is 1. The second-order valence-corrected chi connectivity index (χ2v) is 5.49. The molecule has 6 heteroatoms. The third kappa shape index (κ3) is 5.28. The summed E-state index contributed by atoms with van der Waals surface area (Å²) in [6.07, 6.45) is 0.669. The fourth-order valence-corrected chi connectivity index (χ4v) is 2.51. The quantitative estimate of drug-likeness (QED) is 0.833. The van der Waals surface area contributed by atoms with Crippen molar-refractivity contribution in [3.63, 3.8) is 0 Å². The molecular formula is C17H20N4O2.